The zero-order valence-corrected chi connectivity index (χ0v) is 14.1. The first-order chi connectivity index (χ1) is 10.5. The van der Waals surface area contributed by atoms with Crippen molar-refractivity contribution >= 4 is 0 Å². The predicted octanol–water partition coefficient (Wildman–Crippen LogP) is 2.30. The lowest BCUT2D eigenvalue weighted by Gasteiger charge is -2.40. The number of aryl methyl sites for hydroxylation is 2. The van der Waals surface area contributed by atoms with Crippen LogP contribution in [0.25, 0.3) is 0 Å². The third-order valence-electron chi connectivity index (χ3n) is 5.30. The summed E-state index contributed by atoms with van der Waals surface area (Å²) in [5.41, 5.74) is -0.431. The van der Waals surface area contributed by atoms with E-state index in [0.29, 0.717) is 5.92 Å². The van der Waals surface area contributed by atoms with E-state index in [9.17, 15) is 5.11 Å². The summed E-state index contributed by atoms with van der Waals surface area (Å²) in [5, 5.41) is 15.3. The molecule has 1 aromatic rings. The second-order valence-electron chi connectivity index (χ2n) is 7.42. The van der Waals surface area contributed by atoms with Crippen molar-refractivity contribution in [2.75, 3.05) is 19.6 Å². The maximum atomic E-state index is 10.8. The van der Waals surface area contributed by atoms with E-state index in [1.165, 1.54) is 32.1 Å². The maximum Gasteiger partial charge on any atom is 0.147 e. The molecule has 1 atom stereocenters. The monoisotopic (exact) mass is 306 g/mol. The van der Waals surface area contributed by atoms with Gasteiger partial charge < -0.3 is 10.0 Å². The average Bonchev–Trinajstić information content (AvgIpc) is 2.77. The number of hydrogen-bond donors (Lipinski definition) is 1. The van der Waals surface area contributed by atoms with Crippen LogP contribution >= 0.6 is 0 Å². The third kappa shape index (κ3) is 3.87. The van der Waals surface area contributed by atoms with Gasteiger partial charge in [0.2, 0.25) is 0 Å². The van der Waals surface area contributed by atoms with Crippen molar-refractivity contribution in [2.45, 2.75) is 70.9 Å². The van der Waals surface area contributed by atoms with Gasteiger partial charge in [0.05, 0.1) is 5.60 Å². The molecule has 0 unspecified atom stereocenters. The smallest absolute Gasteiger partial charge is 0.147 e. The van der Waals surface area contributed by atoms with Gasteiger partial charge in [0, 0.05) is 19.6 Å². The molecule has 1 saturated heterocycles. The fourth-order valence-electron chi connectivity index (χ4n) is 4.21. The summed E-state index contributed by atoms with van der Waals surface area (Å²) in [4.78, 5) is 6.88. The maximum absolute atomic E-state index is 10.8. The summed E-state index contributed by atoms with van der Waals surface area (Å²) in [7, 11) is 0. The molecule has 0 bridgehead atoms. The van der Waals surface area contributed by atoms with E-state index in [2.05, 4.69) is 19.7 Å². The first-order valence-electron chi connectivity index (χ1n) is 8.87. The van der Waals surface area contributed by atoms with Crippen LogP contribution < -0.4 is 0 Å². The Morgan fingerprint density at radius 3 is 2.64 bits per heavy atom. The molecule has 1 aliphatic carbocycles. The molecule has 2 fully saturated rings. The van der Waals surface area contributed by atoms with Crippen LogP contribution in [-0.2, 0) is 6.54 Å². The number of piperidine rings is 1. The summed E-state index contributed by atoms with van der Waals surface area (Å²) >= 11 is 0. The molecule has 1 saturated carbocycles. The molecule has 3 rings (SSSR count). The number of hydrogen-bond acceptors (Lipinski definition) is 4. The van der Waals surface area contributed by atoms with Crippen LogP contribution in [0.15, 0.2) is 0 Å². The molecular weight excluding hydrogens is 276 g/mol. The lowest BCUT2D eigenvalue weighted by molar-refractivity contribution is -0.0352. The van der Waals surface area contributed by atoms with Gasteiger partial charge in [-0.3, -0.25) is 0 Å². The molecule has 5 nitrogen and oxygen atoms in total. The van der Waals surface area contributed by atoms with Crippen LogP contribution in [0.3, 0.4) is 0 Å². The summed E-state index contributed by atoms with van der Waals surface area (Å²) in [6.07, 6.45) is 8.11. The Bertz CT molecular complexity index is 493. The first kappa shape index (κ1) is 15.9. The second-order valence-corrected chi connectivity index (χ2v) is 7.42. The lowest BCUT2D eigenvalue weighted by Crippen LogP contribution is -2.48. The molecule has 1 N–H and O–H groups in total. The largest absolute Gasteiger partial charge is 0.389 e. The molecule has 0 aromatic carbocycles. The summed E-state index contributed by atoms with van der Waals surface area (Å²) in [5.74, 6) is 2.50. The van der Waals surface area contributed by atoms with Gasteiger partial charge >= 0.3 is 0 Å². The number of aliphatic hydroxyl groups is 1. The van der Waals surface area contributed by atoms with Crippen molar-refractivity contribution in [3.8, 4) is 0 Å². The Balaban J connectivity index is 1.56. The molecule has 2 aliphatic rings. The Hall–Kier alpha value is -0.940. The van der Waals surface area contributed by atoms with E-state index in [0.717, 1.165) is 50.7 Å². The van der Waals surface area contributed by atoms with Gasteiger partial charge in [-0.25, -0.2) is 9.67 Å². The van der Waals surface area contributed by atoms with E-state index in [1.807, 2.05) is 13.8 Å². The predicted molar refractivity (Wildman–Crippen MR) is 86.7 cm³/mol. The van der Waals surface area contributed by atoms with E-state index in [4.69, 9.17) is 0 Å². The minimum absolute atomic E-state index is 0.431. The lowest BCUT2D eigenvalue weighted by atomic mass is 9.84. The summed E-state index contributed by atoms with van der Waals surface area (Å²) in [6, 6.07) is 0. The normalized spacial score (nSPS) is 26.2. The standard InChI is InChI=1S/C17H30N4O/c1-14-18-15(2)21(19-14)12-16-7-6-10-20(11-16)13-17(22)8-4-3-5-9-17/h16,22H,3-13H2,1-2H3/t16-/m1/s1. The molecular formula is C17H30N4O. The van der Waals surface area contributed by atoms with Gasteiger partial charge in [0.25, 0.3) is 0 Å². The molecule has 0 amide bonds. The van der Waals surface area contributed by atoms with E-state index in [-0.39, 0.29) is 0 Å². The highest BCUT2D eigenvalue weighted by atomic mass is 16.3. The Morgan fingerprint density at radius 1 is 1.18 bits per heavy atom. The number of aromatic nitrogens is 3. The van der Waals surface area contributed by atoms with Crippen molar-refractivity contribution in [2.24, 2.45) is 5.92 Å². The summed E-state index contributed by atoms with van der Waals surface area (Å²) in [6.45, 7) is 8.02. The highest BCUT2D eigenvalue weighted by Gasteiger charge is 2.33. The minimum Gasteiger partial charge on any atom is -0.389 e. The van der Waals surface area contributed by atoms with Crippen LogP contribution in [0, 0.1) is 19.8 Å². The van der Waals surface area contributed by atoms with Crippen molar-refractivity contribution in [3.05, 3.63) is 11.6 Å². The highest BCUT2D eigenvalue weighted by Crippen LogP contribution is 2.30. The number of β-amino-alcohol motifs (C(OH)–C–C–N with tert-alkyl or cyclic N) is 1. The summed E-state index contributed by atoms with van der Waals surface area (Å²) < 4.78 is 2.05. The Labute approximate surface area is 133 Å². The molecule has 22 heavy (non-hydrogen) atoms. The molecule has 2 heterocycles. The van der Waals surface area contributed by atoms with Crippen LogP contribution in [0.2, 0.25) is 0 Å². The molecule has 1 aliphatic heterocycles. The molecule has 5 heteroatoms. The second kappa shape index (κ2) is 6.67. The van der Waals surface area contributed by atoms with Crippen LogP contribution in [-0.4, -0.2) is 50.0 Å². The van der Waals surface area contributed by atoms with E-state index < -0.39 is 5.60 Å². The molecule has 1 aromatic heterocycles. The van der Waals surface area contributed by atoms with Gasteiger partial charge in [-0.15, -0.1) is 0 Å². The van der Waals surface area contributed by atoms with Gasteiger partial charge in [0.1, 0.15) is 11.6 Å². The topological polar surface area (TPSA) is 54.2 Å². The first-order valence-corrected chi connectivity index (χ1v) is 8.87. The van der Waals surface area contributed by atoms with Crippen molar-refractivity contribution < 1.29 is 5.11 Å². The van der Waals surface area contributed by atoms with Gasteiger partial charge in [-0.2, -0.15) is 5.10 Å². The van der Waals surface area contributed by atoms with Crippen molar-refractivity contribution in [3.63, 3.8) is 0 Å². The third-order valence-corrected chi connectivity index (χ3v) is 5.30. The van der Waals surface area contributed by atoms with Crippen molar-refractivity contribution in [1.82, 2.24) is 19.7 Å². The average molecular weight is 306 g/mol. The minimum atomic E-state index is -0.431. The Kier molecular flexibility index (Phi) is 4.83. The van der Waals surface area contributed by atoms with Gasteiger partial charge in [-0.05, 0) is 52.0 Å². The zero-order chi connectivity index (χ0) is 15.6. The van der Waals surface area contributed by atoms with E-state index >= 15 is 0 Å². The number of rotatable bonds is 4. The number of likely N-dealkylation sites (tertiary alicyclic amines) is 1. The Morgan fingerprint density at radius 2 is 1.95 bits per heavy atom. The fourth-order valence-corrected chi connectivity index (χ4v) is 4.21. The van der Waals surface area contributed by atoms with Gasteiger partial charge in [-0.1, -0.05) is 19.3 Å². The fraction of sp³-hybridized carbons (Fsp3) is 0.882. The molecule has 0 spiro atoms. The van der Waals surface area contributed by atoms with E-state index in [1.54, 1.807) is 0 Å². The number of nitrogens with zero attached hydrogens (tertiary/aromatic N) is 4. The van der Waals surface area contributed by atoms with Crippen LogP contribution in [0.5, 0.6) is 0 Å². The molecule has 0 radical (unpaired) electrons. The van der Waals surface area contributed by atoms with Crippen molar-refractivity contribution in [1.29, 1.82) is 0 Å². The quantitative estimate of drug-likeness (QED) is 0.927. The molecule has 124 valence electrons. The SMILES string of the molecule is Cc1nc(C)n(C[C@@H]2CCCN(CC3(O)CCCCC3)C2)n1. The highest BCUT2D eigenvalue weighted by molar-refractivity contribution is 4.90. The van der Waals surface area contributed by atoms with Gasteiger partial charge in [0.15, 0.2) is 0 Å². The zero-order valence-electron chi connectivity index (χ0n) is 14.1. The van der Waals surface area contributed by atoms with Crippen LogP contribution in [0.1, 0.15) is 56.6 Å². The van der Waals surface area contributed by atoms with Crippen LogP contribution in [0.4, 0.5) is 0 Å².